The molecule has 0 saturated heterocycles. The summed E-state index contributed by atoms with van der Waals surface area (Å²) in [7, 11) is 0. The third kappa shape index (κ3) is 3.25. The van der Waals surface area contributed by atoms with Crippen molar-refractivity contribution in [3.8, 4) is 0 Å². The Morgan fingerprint density at radius 3 is 2.19 bits per heavy atom. The van der Waals surface area contributed by atoms with Gasteiger partial charge in [-0.25, -0.2) is 0 Å². The van der Waals surface area contributed by atoms with E-state index in [9.17, 15) is 4.79 Å². The molecule has 2 aromatic carbocycles. The molecule has 1 atom stereocenters. The molecular formula is C23H23BrO2. The molecule has 26 heavy (non-hydrogen) atoms. The van der Waals surface area contributed by atoms with Crippen LogP contribution in [0.25, 0.3) is 5.76 Å². The van der Waals surface area contributed by atoms with Gasteiger partial charge in [-0.3, -0.25) is 4.79 Å². The lowest BCUT2D eigenvalue weighted by molar-refractivity contribution is -0.151. The molecule has 0 bridgehead atoms. The number of halogens is 1. The summed E-state index contributed by atoms with van der Waals surface area (Å²) in [5.74, 6) is 0.710. The minimum Gasteiger partial charge on any atom is -0.426 e. The Labute approximate surface area is 163 Å². The van der Waals surface area contributed by atoms with Crippen molar-refractivity contribution in [1.82, 2.24) is 0 Å². The van der Waals surface area contributed by atoms with E-state index in [4.69, 9.17) is 4.74 Å². The van der Waals surface area contributed by atoms with Gasteiger partial charge in [-0.05, 0) is 36.6 Å². The molecule has 1 unspecified atom stereocenters. The van der Waals surface area contributed by atoms with Crippen molar-refractivity contribution >= 4 is 27.7 Å². The van der Waals surface area contributed by atoms with Gasteiger partial charge in [-0.1, -0.05) is 84.1 Å². The van der Waals surface area contributed by atoms with E-state index in [1.54, 1.807) is 0 Å². The van der Waals surface area contributed by atoms with E-state index < -0.39 is 5.41 Å². The Morgan fingerprint density at radius 1 is 0.885 bits per heavy atom. The minimum atomic E-state index is -0.420. The molecular weight excluding hydrogens is 388 g/mol. The largest absolute Gasteiger partial charge is 0.426 e. The fourth-order valence-electron chi connectivity index (χ4n) is 4.39. The van der Waals surface area contributed by atoms with Crippen LogP contribution in [-0.2, 0) is 9.53 Å². The average Bonchev–Trinajstić information content (AvgIpc) is 2.92. The third-order valence-corrected chi connectivity index (χ3v) is 6.33. The molecule has 1 aliphatic heterocycles. The van der Waals surface area contributed by atoms with Gasteiger partial charge in [0.15, 0.2) is 0 Å². The summed E-state index contributed by atoms with van der Waals surface area (Å²) < 4.78 is 6.94. The number of carbonyl (C=O) groups is 1. The molecule has 1 heterocycles. The third-order valence-electron chi connectivity index (χ3n) is 5.81. The fourth-order valence-corrected chi connectivity index (χ4v) is 4.66. The molecule has 0 N–H and O–H groups in total. The minimum absolute atomic E-state index is 0.0475. The molecule has 1 spiro atoms. The molecule has 0 aromatic heterocycles. The van der Waals surface area contributed by atoms with Crippen molar-refractivity contribution in [1.29, 1.82) is 0 Å². The lowest BCUT2D eigenvalue weighted by Gasteiger charge is -2.40. The fraction of sp³-hybridized carbons (Fsp3) is 0.348. The van der Waals surface area contributed by atoms with Crippen LogP contribution in [0.2, 0.25) is 0 Å². The number of ether oxygens (including phenoxy) is 1. The highest BCUT2D eigenvalue weighted by Crippen LogP contribution is 2.52. The number of hydrogen-bond acceptors (Lipinski definition) is 2. The number of hydrogen-bond donors (Lipinski definition) is 0. The molecule has 1 aliphatic carbocycles. The molecule has 2 aliphatic rings. The van der Waals surface area contributed by atoms with Gasteiger partial charge in [0.1, 0.15) is 5.76 Å². The van der Waals surface area contributed by atoms with Crippen molar-refractivity contribution in [2.75, 3.05) is 0 Å². The molecule has 4 rings (SSSR count). The molecule has 1 fully saturated rings. The first kappa shape index (κ1) is 17.5. The highest BCUT2D eigenvalue weighted by molar-refractivity contribution is 9.10. The lowest BCUT2D eigenvalue weighted by Crippen LogP contribution is -2.40. The quantitative estimate of drug-likeness (QED) is 0.530. The molecule has 2 nitrogen and oxygen atoms in total. The van der Waals surface area contributed by atoms with Gasteiger partial charge in [0.2, 0.25) is 0 Å². The maximum atomic E-state index is 13.3. The van der Waals surface area contributed by atoms with Crippen LogP contribution in [0.1, 0.15) is 55.6 Å². The van der Waals surface area contributed by atoms with Gasteiger partial charge < -0.3 is 4.74 Å². The maximum absolute atomic E-state index is 13.3. The maximum Gasteiger partial charge on any atom is 0.318 e. The average molecular weight is 411 g/mol. The Morgan fingerprint density at radius 2 is 1.54 bits per heavy atom. The summed E-state index contributed by atoms with van der Waals surface area (Å²) in [4.78, 5) is 13.3. The molecule has 0 amide bonds. The van der Waals surface area contributed by atoms with Crippen LogP contribution in [0.15, 0.2) is 65.1 Å². The summed E-state index contributed by atoms with van der Waals surface area (Å²) in [5, 5.41) is 0. The summed E-state index contributed by atoms with van der Waals surface area (Å²) in [5.41, 5.74) is 1.74. The first-order chi connectivity index (χ1) is 12.7. The van der Waals surface area contributed by atoms with E-state index in [0.717, 1.165) is 35.7 Å². The number of carbonyl (C=O) groups excluding carboxylic acids is 1. The smallest absolute Gasteiger partial charge is 0.318 e. The van der Waals surface area contributed by atoms with Crippen LogP contribution in [0.4, 0.5) is 0 Å². The van der Waals surface area contributed by atoms with E-state index in [0.29, 0.717) is 5.76 Å². The zero-order chi connectivity index (χ0) is 18.0. The predicted molar refractivity (Wildman–Crippen MR) is 108 cm³/mol. The van der Waals surface area contributed by atoms with E-state index in [1.165, 1.54) is 18.4 Å². The van der Waals surface area contributed by atoms with Crippen molar-refractivity contribution < 1.29 is 9.53 Å². The van der Waals surface area contributed by atoms with Gasteiger partial charge in [0.25, 0.3) is 0 Å². The van der Waals surface area contributed by atoms with E-state index in [2.05, 4.69) is 46.3 Å². The Balaban J connectivity index is 1.81. The first-order valence-electron chi connectivity index (χ1n) is 9.44. The second-order valence-electron chi connectivity index (χ2n) is 7.39. The second kappa shape index (κ2) is 7.40. The van der Waals surface area contributed by atoms with Crippen LogP contribution < -0.4 is 0 Å². The first-order valence-corrected chi connectivity index (χ1v) is 10.2. The standard InChI is InChI=1S/C23H23BrO2/c24-19-12-10-18(11-13-19)21-16-20(17-8-4-3-5-9-17)23(22(25)26-21)14-6-1-2-7-15-23/h3-5,8-13,16,20H,1-2,6-7,14-15H2. The Hall–Kier alpha value is -1.87. The molecule has 3 heteroatoms. The summed E-state index contributed by atoms with van der Waals surface area (Å²) >= 11 is 3.47. The second-order valence-corrected chi connectivity index (χ2v) is 8.30. The topological polar surface area (TPSA) is 26.3 Å². The molecule has 2 aromatic rings. The van der Waals surface area contributed by atoms with Crippen LogP contribution in [0, 0.1) is 5.41 Å². The number of rotatable bonds is 2. The number of cyclic esters (lactones) is 1. The van der Waals surface area contributed by atoms with E-state index in [-0.39, 0.29) is 11.9 Å². The SMILES string of the molecule is O=C1OC(c2ccc(Br)cc2)=CC(c2ccccc2)C12CCCCCC2. The zero-order valence-electron chi connectivity index (χ0n) is 14.8. The highest BCUT2D eigenvalue weighted by Gasteiger charge is 2.49. The summed E-state index contributed by atoms with van der Waals surface area (Å²) in [6.07, 6.45) is 8.62. The van der Waals surface area contributed by atoms with Crippen LogP contribution >= 0.6 is 15.9 Å². The monoisotopic (exact) mass is 410 g/mol. The van der Waals surface area contributed by atoms with Gasteiger partial charge in [0.05, 0.1) is 5.41 Å². The van der Waals surface area contributed by atoms with Crippen molar-refractivity contribution in [3.63, 3.8) is 0 Å². The van der Waals surface area contributed by atoms with Gasteiger partial charge in [-0.2, -0.15) is 0 Å². The highest BCUT2D eigenvalue weighted by atomic mass is 79.9. The van der Waals surface area contributed by atoms with Crippen LogP contribution in [0.3, 0.4) is 0 Å². The van der Waals surface area contributed by atoms with E-state index in [1.807, 2.05) is 30.3 Å². The molecule has 0 radical (unpaired) electrons. The number of esters is 1. The van der Waals surface area contributed by atoms with Crippen LogP contribution in [-0.4, -0.2) is 5.97 Å². The van der Waals surface area contributed by atoms with Crippen LogP contribution in [0.5, 0.6) is 0 Å². The van der Waals surface area contributed by atoms with Crippen molar-refractivity contribution in [2.24, 2.45) is 5.41 Å². The zero-order valence-corrected chi connectivity index (χ0v) is 16.4. The molecule has 1 saturated carbocycles. The number of allylic oxidation sites excluding steroid dienone is 1. The van der Waals surface area contributed by atoms with E-state index >= 15 is 0 Å². The summed E-state index contributed by atoms with van der Waals surface area (Å²) in [6.45, 7) is 0. The Kier molecular flexibility index (Phi) is 4.99. The van der Waals surface area contributed by atoms with Crippen molar-refractivity contribution in [3.05, 3.63) is 76.3 Å². The number of benzene rings is 2. The predicted octanol–water partition coefficient (Wildman–Crippen LogP) is 6.47. The normalized spacial score (nSPS) is 22.4. The molecule has 134 valence electrons. The Bertz CT molecular complexity index is 800. The summed E-state index contributed by atoms with van der Waals surface area (Å²) in [6, 6.07) is 18.4. The van der Waals surface area contributed by atoms with Gasteiger partial charge >= 0.3 is 5.97 Å². The van der Waals surface area contributed by atoms with Crippen molar-refractivity contribution in [2.45, 2.75) is 44.4 Å². The lowest BCUT2D eigenvalue weighted by atomic mass is 9.66. The van der Waals surface area contributed by atoms with Gasteiger partial charge in [-0.15, -0.1) is 0 Å². The van der Waals surface area contributed by atoms with Gasteiger partial charge in [0, 0.05) is 16.0 Å².